The first kappa shape index (κ1) is 14.9. The van der Waals surface area contributed by atoms with Crippen molar-refractivity contribution in [1.82, 2.24) is 10.2 Å². The van der Waals surface area contributed by atoms with Crippen LogP contribution in [-0.2, 0) is 17.7 Å². The Morgan fingerprint density at radius 2 is 2.05 bits per heavy atom. The lowest BCUT2D eigenvalue weighted by Crippen LogP contribution is -2.60. The Hall–Kier alpha value is -1.49. The van der Waals surface area contributed by atoms with Gasteiger partial charge in [0.25, 0.3) is 0 Å². The first-order valence-electron chi connectivity index (χ1n) is 7.16. The first-order valence-corrected chi connectivity index (χ1v) is 7.16. The third kappa shape index (κ3) is 4.00. The van der Waals surface area contributed by atoms with Crippen molar-refractivity contribution >= 4 is 6.09 Å². The van der Waals surface area contributed by atoms with E-state index in [0.717, 1.165) is 17.9 Å². The first-order chi connectivity index (χ1) is 9.37. The summed E-state index contributed by atoms with van der Waals surface area (Å²) >= 11 is 0. The maximum absolute atomic E-state index is 11.8. The summed E-state index contributed by atoms with van der Waals surface area (Å²) in [6, 6.07) is 4.32. The number of carbonyl (C=O) groups excluding carboxylic acids is 1. The number of furan rings is 1. The van der Waals surface area contributed by atoms with Gasteiger partial charge in [-0.15, -0.1) is 0 Å². The second-order valence-electron chi connectivity index (χ2n) is 6.18. The standard InChI is InChI=1S/C15H24N2O3/c1-5-12-6-7-13(19-12)8-16-11-9-17(10-11)14(18)20-15(2,3)4/h6-7,11,16H,5,8-10H2,1-4H3. The molecule has 1 aromatic rings. The van der Waals surface area contributed by atoms with E-state index in [1.165, 1.54) is 0 Å². The molecule has 5 nitrogen and oxygen atoms in total. The van der Waals surface area contributed by atoms with Crippen LogP contribution in [0.3, 0.4) is 0 Å². The van der Waals surface area contributed by atoms with Crippen molar-refractivity contribution < 1.29 is 13.9 Å². The molecule has 1 N–H and O–H groups in total. The Morgan fingerprint density at radius 3 is 2.60 bits per heavy atom. The quantitative estimate of drug-likeness (QED) is 0.921. The van der Waals surface area contributed by atoms with Crippen LogP contribution in [0.1, 0.15) is 39.2 Å². The summed E-state index contributed by atoms with van der Waals surface area (Å²) in [7, 11) is 0. The second-order valence-corrected chi connectivity index (χ2v) is 6.18. The molecule has 0 aliphatic carbocycles. The molecule has 2 rings (SSSR count). The SMILES string of the molecule is CCc1ccc(CNC2CN(C(=O)OC(C)(C)C)C2)o1. The van der Waals surface area contributed by atoms with Crippen molar-refractivity contribution in [2.45, 2.75) is 52.3 Å². The zero-order valence-corrected chi connectivity index (χ0v) is 12.7. The lowest BCUT2D eigenvalue weighted by Gasteiger charge is -2.40. The van der Waals surface area contributed by atoms with Crippen LogP contribution in [0.5, 0.6) is 0 Å². The number of carbonyl (C=O) groups is 1. The van der Waals surface area contributed by atoms with Crippen molar-refractivity contribution in [3.05, 3.63) is 23.7 Å². The molecule has 1 aromatic heterocycles. The number of ether oxygens (including phenoxy) is 1. The number of hydrogen-bond donors (Lipinski definition) is 1. The Morgan fingerprint density at radius 1 is 1.40 bits per heavy atom. The average Bonchev–Trinajstić information content (AvgIpc) is 2.72. The fourth-order valence-corrected chi connectivity index (χ4v) is 2.04. The summed E-state index contributed by atoms with van der Waals surface area (Å²) in [6.45, 7) is 9.79. The lowest BCUT2D eigenvalue weighted by molar-refractivity contribution is 0.00505. The Balaban J connectivity index is 1.68. The fourth-order valence-electron chi connectivity index (χ4n) is 2.04. The number of rotatable bonds is 4. The third-order valence-electron chi connectivity index (χ3n) is 3.16. The lowest BCUT2D eigenvalue weighted by atomic mass is 10.1. The van der Waals surface area contributed by atoms with Gasteiger partial charge in [-0.25, -0.2) is 4.79 Å². The van der Waals surface area contributed by atoms with E-state index >= 15 is 0 Å². The van der Waals surface area contributed by atoms with Gasteiger partial charge in [-0.05, 0) is 32.9 Å². The van der Waals surface area contributed by atoms with E-state index in [1.807, 2.05) is 32.9 Å². The van der Waals surface area contributed by atoms with Crippen LogP contribution >= 0.6 is 0 Å². The molecule has 0 spiro atoms. The third-order valence-corrected chi connectivity index (χ3v) is 3.16. The van der Waals surface area contributed by atoms with Crippen LogP contribution in [0.25, 0.3) is 0 Å². The molecular formula is C15H24N2O3. The fraction of sp³-hybridized carbons (Fsp3) is 0.667. The molecule has 0 bridgehead atoms. The van der Waals surface area contributed by atoms with Gasteiger partial charge in [-0.2, -0.15) is 0 Å². The summed E-state index contributed by atoms with van der Waals surface area (Å²) in [5.41, 5.74) is -0.430. The summed E-state index contributed by atoms with van der Waals surface area (Å²) in [5.74, 6) is 1.95. The monoisotopic (exact) mass is 280 g/mol. The maximum Gasteiger partial charge on any atom is 0.410 e. The van der Waals surface area contributed by atoms with E-state index in [9.17, 15) is 4.79 Å². The molecule has 1 fully saturated rings. The number of nitrogens with one attached hydrogen (secondary N) is 1. The molecule has 112 valence electrons. The molecule has 2 heterocycles. The molecule has 1 aliphatic heterocycles. The highest BCUT2D eigenvalue weighted by atomic mass is 16.6. The summed E-state index contributed by atoms with van der Waals surface area (Å²) < 4.78 is 10.9. The van der Waals surface area contributed by atoms with Crippen LogP contribution in [0, 0.1) is 0 Å². The molecule has 1 saturated heterocycles. The predicted octanol–water partition coefficient (Wildman–Crippen LogP) is 2.55. The van der Waals surface area contributed by atoms with Crippen LogP contribution < -0.4 is 5.32 Å². The smallest absolute Gasteiger partial charge is 0.410 e. The van der Waals surface area contributed by atoms with Gasteiger partial charge >= 0.3 is 6.09 Å². The molecule has 0 saturated carbocycles. The number of amides is 1. The summed E-state index contributed by atoms with van der Waals surface area (Å²) in [6.07, 6.45) is 0.678. The highest BCUT2D eigenvalue weighted by Crippen LogP contribution is 2.16. The predicted molar refractivity (Wildman–Crippen MR) is 76.5 cm³/mol. The van der Waals surface area contributed by atoms with Crippen molar-refractivity contribution in [3.8, 4) is 0 Å². The van der Waals surface area contributed by atoms with Gasteiger partial charge in [-0.1, -0.05) is 6.92 Å². The highest BCUT2D eigenvalue weighted by molar-refractivity contribution is 5.69. The minimum absolute atomic E-state index is 0.234. The Labute approximate surface area is 120 Å². The molecule has 5 heteroatoms. The second kappa shape index (κ2) is 5.87. The van der Waals surface area contributed by atoms with E-state index < -0.39 is 5.60 Å². The van der Waals surface area contributed by atoms with Crippen LogP contribution in [0.15, 0.2) is 16.5 Å². The van der Waals surface area contributed by atoms with Crippen molar-refractivity contribution in [3.63, 3.8) is 0 Å². The maximum atomic E-state index is 11.8. The summed E-state index contributed by atoms with van der Waals surface area (Å²) in [4.78, 5) is 13.5. The van der Waals surface area contributed by atoms with E-state index in [-0.39, 0.29) is 6.09 Å². The van der Waals surface area contributed by atoms with Gasteiger partial charge in [0.05, 0.1) is 6.54 Å². The molecule has 20 heavy (non-hydrogen) atoms. The molecule has 1 aliphatic rings. The number of nitrogens with zero attached hydrogens (tertiary/aromatic N) is 1. The molecular weight excluding hydrogens is 256 g/mol. The van der Waals surface area contributed by atoms with E-state index in [0.29, 0.717) is 25.7 Å². The Kier molecular flexibility index (Phi) is 4.38. The van der Waals surface area contributed by atoms with Crippen LogP contribution in [0.2, 0.25) is 0 Å². The minimum Gasteiger partial charge on any atom is -0.465 e. The largest absolute Gasteiger partial charge is 0.465 e. The number of aryl methyl sites for hydroxylation is 1. The van der Waals surface area contributed by atoms with Crippen molar-refractivity contribution in [2.24, 2.45) is 0 Å². The van der Waals surface area contributed by atoms with E-state index in [4.69, 9.17) is 9.15 Å². The highest BCUT2D eigenvalue weighted by Gasteiger charge is 2.33. The van der Waals surface area contributed by atoms with Crippen molar-refractivity contribution in [1.29, 1.82) is 0 Å². The van der Waals surface area contributed by atoms with Gasteiger partial charge in [0.15, 0.2) is 0 Å². The topological polar surface area (TPSA) is 54.7 Å². The van der Waals surface area contributed by atoms with E-state index in [2.05, 4.69) is 12.2 Å². The van der Waals surface area contributed by atoms with Gasteiger partial charge in [0.1, 0.15) is 17.1 Å². The molecule has 0 unspecified atom stereocenters. The normalized spacial score (nSPS) is 16.1. The van der Waals surface area contributed by atoms with Crippen molar-refractivity contribution in [2.75, 3.05) is 13.1 Å². The van der Waals surface area contributed by atoms with Crippen LogP contribution in [-0.4, -0.2) is 35.7 Å². The molecule has 0 atom stereocenters. The molecule has 0 aromatic carbocycles. The van der Waals surface area contributed by atoms with Gasteiger partial charge < -0.3 is 19.4 Å². The average molecular weight is 280 g/mol. The zero-order chi connectivity index (χ0) is 14.8. The van der Waals surface area contributed by atoms with Gasteiger partial charge in [-0.3, -0.25) is 0 Å². The van der Waals surface area contributed by atoms with E-state index in [1.54, 1.807) is 4.90 Å². The summed E-state index contributed by atoms with van der Waals surface area (Å²) in [5, 5.41) is 3.38. The Bertz CT molecular complexity index is 456. The minimum atomic E-state index is -0.430. The molecule has 0 radical (unpaired) electrons. The van der Waals surface area contributed by atoms with Gasteiger partial charge in [0, 0.05) is 25.6 Å². The number of hydrogen-bond acceptors (Lipinski definition) is 4. The zero-order valence-electron chi connectivity index (χ0n) is 12.7. The molecule has 1 amide bonds. The van der Waals surface area contributed by atoms with Crippen LogP contribution in [0.4, 0.5) is 4.79 Å². The number of likely N-dealkylation sites (tertiary alicyclic amines) is 1. The van der Waals surface area contributed by atoms with Gasteiger partial charge in [0.2, 0.25) is 0 Å².